The van der Waals surface area contributed by atoms with Crippen molar-refractivity contribution in [3.8, 4) is 5.75 Å². The molecule has 1 aliphatic heterocycles. The van der Waals surface area contributed by atoms with Gasteiger partial charge >= 0.3 is 5.97 Å². The van der Waals surface area contributed by atoms with Gasteiger partial charge in [0, 0.05) is 36.5 Å². The molecule has 35 heavy (non-hydrogen) atoms. The molecule has 0 fully saturated rings. The lowest BCUT2D eigenvalue weighted by atomic mass is 9.91. The van der Waals surface area contributed by atoms with Crippen molar-refractivity contribution in [3.05, 3.63) is 98.0 Å². The lowest BCUT2D eigenvalue weighted by Gasteiger charge is -2.24. The van der Waals surface area contributed by atoms with Gasteiger partial charge in [-0.2, -0.15) is 0 Å². The van der Waals surface area contributed by atoms with Crippen LogP contribution in [0.1, 0.15) is 40.4 Å². The van der Waals surface area contributed by atoms with Crippen LogP contribution in [0.4, 0.5) is 0 Å². The van der Waals surface area contributed by atoms with E-state index in [4.69, 9.17) is 39.5 Å². The molecule has 8 heteroatoms. The lowest BCUT2D eigenvalue weighted by Crippen LogP contribution is -2.33. The van der Waals surface area contributed by atoms with Gasteiger partial charge in [-0.05, 0) is 53.9 Å². The van der Waals surface area contributed by atoms with Crippen LogP contribution in [0.15, 0.2) is 60.7 Å². The minimum atomic E-state index is -0.988. The second-order valence-electron chi connectivity index (χ2n) is 8.90. The third kappa shape index (κ3) is 5.92. The van der Waals surface area contributed by atoms with Gasteiger partial charge in [0.05, 0.1) is 16.5 Å². The average Bonchev–Trinajstić information content (AvgIpc) is 3.15. The molecule has 1 amide bonds. The number of aliphatic carboxylic acids is 1. The Kier molecular flexibility index (Phi) is 7.60. The molecule has 0 spiro atoms. The zero-order chi connectivity index (χ0) is 25.2. The number of carboxylic acids is 1. The molecule has 0 radical (unpaired) electrons. The van der Waals surface area contributed by atoms with Crippen LogP contribution < -0.4 is 4.74 Å². The molecule has 3 aromatic carbocycles. The summed E-state index contributed by atoms with van der Waals surface area (Å²) in [5.41, 5.74) is 2.53. The maximum absolute atomic E-state index is 13.5. The van der Waals surface area contributed by atoms with Gasteiger partial charge in [-0.1, -0.05) is 65.1 Å². The molecule has 0 bridgehead atoms. The molecule has 182 valence electrons. The van der Waals surface area contributed by atoms with Crippen molar-refractivity contribution in [3.63, 3.8) is 0 Å². The standard InChI is InChI=1S/C27H24Cl3NO4/c1-27(14-18-5-2-3-7-21(18)28)15-20-13-17(9-10-23(20)35-27)26(34)31(12-11-24(32)33)16-19-6-4-8-22(29)25(19)30/h2-10,13H,11-12,14-16H2,1H3,(H,32,33). The van der Waals surface area contributed by atoms with Crippen LogP contribution in [0.2, 0.25) is 15.1 Å². The Morgan fingerprint density at radius 1 is 1.00 bits per heavy atom. The van der Waals surface area contributed by atoms with Crippen LogP contribution in [-0.2, 0) is 24.2 Å². The van der Waals surface area contributed by atoms with E-state index in [0.717, 1.165) is 16.9 Å². The number of amides is 1. The first-order chi connectivity index (χ1) is 16.6. The van der Waals surface area contributed by atoms with Crippen molar-refractivity contribution in [2.75, 3.05) is 6.54 Å². The van der Waals surface area contributed by atoms with Crippen LogP contribution in [0.25, 0.3) is 0 Å². The quantitative estimate of drug-likeness (QED) is 0.350. The first-order valence-corrected chi connectivity index (χ1v) is 12.3. The van der Waals surface area contributed by atoms with Crippen molar-refractivity contribution in [1.82, 2.24) is 4.90 Å². The number of carbonyl (C=O) groups is 2. The number of benzene rings is 3. The zero-order valence-electron chi connectivity index (χ0n) is 19.1. The first kappa shape index (κ1) is 25.4. The molecule has 1 atom stereocenters. The third-order valence-electron chi connectivity index (χ3n) is 6.03. The van der Waals surface area contributed by atoms with Gasteiger partial charge in [0.2, 0.25) is 0 Å². The van der Waals surface area contributed by atoms with Gasteiger partial charge in [0.15, 0.2) is 0 Å². The summed E-state index contributed by atoms with van der Waals surface area (Å²) in [5, 5.41) is 10.6. The van der Waals surface area contributed by atoms with E-state index >= 15 is 0 Å². The molecule has 1 aliphatic rings. The van der Waals surface area contributed by atoms with Gasteiger partial charge < -0.3 is 14.7 Å². The number of hydrogen-bond donors (Lipinski definition) is 1. The smallest absolute Gasteiger partial charge is 0.305 e. The van der Waals surface area contributed by atoms with Crippen molar-refractivity contribution in [2.24, 2.45) is 0 Å². The largest absolute Gasteiger partial charge is 0.487 e. The predicted octanol–water partition coefficient (Wildman–Crippen LogP) is 6.70. The van der Waals surface area contributed by atoms with Crippen molar-refractivity contribution >= 4 is 46.7 Å². The Morgan fingerprint density at radius 3 is 2.46 bits per heavy atom. The maximum atomic E-state index is 13.5. The van der Waals surface area contributed by atoms with E-state index in [0.29, 0.717) is 39.0 Å². The van der Waals surface area contributed by atoms with Crippen molar-refractivity contribution < 1.29 is 19.4 Å². The number of carbonyl (C=O) groups excluding carboxylic acids is 1. The number of fused-ring (bicyclic) bond motifs is 1. The summed E-state index contributed by atoms with van der Waals surface area (Å²) in [5.74, 6) is -0.548. The Hall–Kier alpha value is -2.73. The highest BCUT2D eigenvalue weighted by molar-refractivity contribution is 6.42. The molecule has 0 saturated heterocycles. The Balaban J connectivity index is 1.55. The average molecular weight is 533 g/mol. The van der Waals surface area contributed by atoms with Crippen LogP contribution in [0.3, 0.4) is 0 Å². The van der Waals surface area contributed by atoms with E-state index in [1.807, 2.05) is 37.3 Å². The third-order valence-corrected chi connectivity index (χ3v) is 7.25. The normalized spacial score (nSPS) is 16.5. The van der Waals surface area contributed by atoms with Crippen LogP contribution in [-0.4, -0.2) is 34.0 Å². The maximum Gasteiger partial charge on any atom is 0.305 e. The fourth-order valence-electron chi connectivity index (χ4n) is 4.34. The SMILES string of the molecule is CC1(Cc2ccccc2Cl)Cc2cc(C(=O)N(CCC(=O)O)Cc3cccc(Cl)c3Cl)ccc2O1. The molecule has 0 saturated carbocycles. The fourth-order valence-corrected chi connectivity index (χ4v) is 4.92. The van der Waals surface area contributed by atoms with Crippen LogP contribution in [0, 0.1) is 0 Å². The highest BCUT2D eigenvalue weighted by Crippen LogP contribution is 2.38. The summed E-state index contributed by atoms with van der Waals surface area (Å²) in [6, 6.07) is 18.2. The molecule has 1 unspecified atom stereocenters. The Labute approximate surface area is 219 Å². The molecule has 0 aromatic heterocycles. The summed E-state index contributed by atoms with van der Waals surface area (Å²) >= 11 is 18.8. The number of nitrogens with zero attached hydrogens (tertiary/aromatic N) is 1. The predicted molar refractivity (Wildman–Crippen MR) is 138 cm³/mol. The molecule has 1 heterocycles. The lowest BCUT2D eigenvalue weighted by molar-refractivity contribution is -0.137. The van der Waals surface area contributed by atoms with Crippen LogP contribution in [0.5, 0.6) is 5.75 Å². The molecular formula is C27H24Cl3NO4. The minimum Gasteiger partial charge on any atom is -0.487 e. The Morgan fingerprint density at radius 2 is 1.71 bits per heavy atom. The van der Waals surface area contributed by atoms with E-state index in [2.05, 4.69) is 0 Å². The van der Waals surface area contributed by atoms with Crippen molar-refractivity contribution in [2.45, 2.75) is 38.3 Å². The summed E-state index contributed by atoms with van der Waals surface area (Å²) in [7, 11) is 0. The second kappa shape index (κ2) is 10.5. The second-order valence-corrected chi connectivity index (χ2v) is 10.1. The van der Waals surface area contributed by atoms with Gasteiger partial charge in [-0.15, -0.1) is 0 Å². The molecule has 5 nitrogen and oxygen atoms in total. The van der Waals surface area contributed by atoms with E-state index < -0.39 is 11.6 Å². The Bertz CT molecular complexity index is 1280. The molecule has 3 aromatic rings. The summed E-state index contributed by atoms with van der Waals surface area (Å²) in [6.45, 7) is 2.20. The van der Waals surface area contributed by atoms with E-state index in [1.165, 1.54) is 4.90 Å². The number of carboxylic acid groups (broad SMARTS) is 1. The number of ether oxygens (including phenoxy) is 1. The summed E-state index contributed by atoms with van der Waals surface area (Å²) in [4.78, 5) is 26.2. The molecule has 1 N–H and O–H groups in total. The summed E-state index contributed by atoms with van der Waals surface area (Å²) < 4.78 is 6.26. The van der Waals surface area contributed by atoms with E-state index in [1.54, 1.807) is 30.3 Å². The number of rotatable bonds is 8. The monoisotopic (exact) mass is 531 g/mol. The fraction of sp³-hybridized carbons (Fsp3) is 0.259. The van der Waals surface area contributed by atoms with Crippen molar-refractivity contribution in [1.29, 1.82) is 0 Å². The summed E-state index contributed by atoms with van der Waals surface area (Å²) in [6.07, 6.45) is 1.06. The van der Waals surface area contributed by atoms with Crippen LogP contribution >= 0.6 is 34.8 Å². The highest BCUT2D eigenvalue weighted by atomic mass is 35.5. The van der Waals surface area contributed by atoms with Gasteiger partial charge in [-0.3, -0.25) is 9.59 Å². The number of hydrogen-bond acceptors (Lipinski definition) is 3. The van der Waals surface area contributed by atoms with E-state index in [-0.39, 0.29) is 25.4 Å². The first-order valence-electron chi connectivity index (χ1n) is 11.1. The molecule has 4 rings (SSSR count). The molecular weight excluding hydrogens is 509 g/mol. The van der Waals surface area contributed by atoms with Gasteiger partial charge in [0.25, 0.3) is 5.91 Å². The van der Waals surface area contributed by atoms with Gasteiger partial charge in [-0.25, -0.2) is 0 Å². The highest BCUT2D eigenvalue weighted by Gasteiger charge is 2.36. The zero-order valence-corrected chi connectivity index (χ0v) is 21.3. The molecule has 0 aliphatic carbocycles. The van der Waals surface area contributed by atoms with E-state index in [9.17, 15) is 14.7 Å². The topological polar surface area (TPSA) is 66.8 Å². The minimum absolute atomic E-state index is 0.0365. The number of halogens is 3. The van der Waals surface area contributed by atoms with Gasteiger partial charge in [0.1, 0.15) is 11.4 Å².